The highest BCUT2D eigenvalue weighted by Crippen LogP contribution is 2.24. The van der Waals surface area contributed by atoms with Crippen molar-refractivity contribution in [2.45, 2.75) is 6.54 Å². The molecule has 1 amide bonds. The number of halogens is 3. The monoisotopic (exact) mass is 370 g/mol. The van der Waals surface area contributed by atoms with Crippen molar-refractivity contribution in [3.63, 3.8) is 0 Å². The molecule has 0 unspecified atom stereocenters. The van der Waals surface area contributed by atoms with Gasteiger partial charge in [0.2, 0.25) is 0 Å². The first-order valence-electron chi connectivity index (χ1n) is 6.20. The van der Waals surface area contributed by atoms with Gasteiger partial charge in [-0.3, -0.25) is 4.79 Å². The summed E-state index contributed by atoms with van der Waals surface area (Å²) in [7, 11) is 1.56. The molecule has 0 aliphatic heterocycles. The normalized spacial score (nSPS) is 10.3. The van der Waals surface area contributed by atoms with Gasteiger partial charge in [-0.25, -0.2) is 4.39 Å². The zero-order valence-corrected chi connectivity index (χ0v) is 13.6. The first-order chi connectivity index (χ1) is 10.0. The minimum absolute atomic E-state index is 0.204. The van der Waals surface area contributed by atoms with Crippen LogP contribution in [0.5, 0.6) is 0 Å². The maximum absolute atomic E-state index is 13.7. The molecule has 0 aliphatic carbocycles. The zero-order chi connectivity index (χ0) is 15.4. The third-order valence-corrected chi connectivity index (χ3v) is 3.76. The van der Waals surface area contributed by atoms with Crippen LogP contribution in [0.15, 0.2) is 40.9 Å². The summed E-state index contributed by atoms with van der Waals surface area (Å²) >= 11 is 9.29. The molecule has 2 aromatic rings. The average Bonchev–Trinajstić information content (AvgIpc) is 2.47. The summed E-state index contributed by atoms with van der Waals surface area (Å²) in [6.45, 7) is 0.274. The van der Waals surface area contributed by atoms with Gasteiger partial charge in [-0.2, -0.15) is 0 Å². The van der Waals surface area contributed by atoms with E-state index in [4.69, 9.17) is 11.6 Å². The van der Waals surface area contributed by atoms with Crippen molar-refractivity contribution in [3.8, 4) is 0 Å². The van der Waals surface area contributed by atoms with E-state index < -0.39 is 0 Å². The van der Waals surface area contributed by atoms with Crippen LogP contribution in [-0.4, -0.2) is 13.0 Å². The Morgan fingerprint density at radius 1 is 1.29 bits per heavy atom. The Kier molecular flexibility index (Phi) is 5.20. The summed E-state index contributed by atoms with van der Waals surface area (Å²) in [6.07, 6.45) is 0. The van der Waals surface area contributed by atoms with Crippen LogP contribution in [0.25, 0.3) is 0 Å². The number of benzene rings is 2. The number of amides is 1. The molecule has 0 atom stereocenters. The van der Waals surface area contributed by atoms with E-state index in [9.17, 15) is 9.18 Å². The van der Waals surface area contributed by atoms with E-state index in [-0.39, 0.29) is 18.3 Å². The quantitative estimate of drug-likeness (QED) is 0.845. The predicted octanol–water partition coefficient (Wildman–Crippen LogP) is 4.21. The number of carbonyl (C=O) groups excluding carboxylic acids is 1. The Bertz CT molecular complexity index is 679. The molecule has 0 fully saturated rings. The molecule has 0 saturated carbocycles. The van der Waals surface area contributed by atoms with Gasteiger partial charge in [0.15, 0.2) is 0 Å². The summed E-state index contributed by atoms with van der Waals surface area (Å²) in [5.41, 5.74) is 1.58. The molecule has 21 heavy (non-hydrogen) atoms. The average molecular weight is 372 g/mol. The topological polar surface area (TPSA) is 41.1 Å². The van der Waals surface area contributed by atoms with Crippen molar-refractivity contribution in [3.05, 3.63) is 62.8 Å². The van der Waals surface area contributed by atoms with Crippen LogP contribution in [0.1, 0.15) is 15.9 Å². The smallest absolute Gasteiger partial charge is 0.251 e. The molecule has 3 nitrogen and oxygen atoms in total. The van der Waals surface area contributed by atoms with Crippen molar-refractivity contribution >= 4 is 39.1 Å². The fourth-order valence-electron chi connectivity index (χ4n) is 1.80. The predicted molar refractivity (Wildman–Crippen MR) is 86.3 cm³/mol. The van der Waals surface area contributed by atoms with E-state index in [0.29, 0.717) is 26.3 Å². The molecular weight excluding hydrogens is 359 g/mol. The number of hydrogen-bond acceptors (Lipinski definition) is 2. The number of rotatable bonds is 4. The fourth-order valence-corrected chi connectivity index (χ4v) is 2.32. The molecule has 0 heterocycles. The minimum atomic E-state index is -0.310. The summed E-state index contributed by atoms with van der Waals surface area (Å²) in [5.74, 6) is -0.514. The van der Waals surface area contributed by atoms with E-state index in [1.54, 1.807) is 37.4 Å². The van der Waals surface area contributed by atoms with Crippen LogP contribution in [0.4, 0.5) is 10.1 Å². The molecule has 0 bridgehead atoms. The second-order valence-electron chi connectivity index (χ2n) is 4.36. The zero-order valence-electron chi connectivity index (χ0n) is 11.2. The summed E-state index contributed by atoms with van der Waals surface area (Å²) in [6, 6.07) is 9.75. The van der Waals surface area contributed by atoms with Crippen molar-refractivity contribution in [2.24, 2.45) is 0 Å². The molecule has 110 valence electrons. The summed E-state index contributed by atoms with van der Waals surface area (Å²) in [4.78, 5) is 11.6. The van der Waals surface area contributed by atoms with E-state index in [0.717, 1.165) is 0 Å². The van der Waals surface area contributed by atoms with Gasteiger partial charge < -0.3 is 10.6 Å². The number of hydrogen-bond donors (Lipinski definition) is 2. The highest BCUT2D eigenvalue weighted by atomic mass is 79.9. The minimum Gasteiger partial charge on any atom is -0.380 e. The van der Waals surface area contributed by atoms with Gasteiger partial charge in [0.1, 0.15) is 5.82 Å². The molecule has 2 N–H and O–H groups in total. The third-order valence-electron chi connectivity index (χ3n) is 2.94. The maximum atomic E-state index is 13.7. The van der Waals surface area contributed by atoms with Gasteiger partial charge in [-0.15, -0.1) is 0 Å². The Balaban J connectivity index is 2.17. The molecule has 2 aromatic carbocycles. The lowest BCUT2D eigenvalue weighted by Gasteiger charge is -2.11. The molecule has 0 radical (unpaired) electrons. The molecule has 0 aliphatic rings. The first-order valence-corrected chi connectivity index (χ1v) is 7.38. The number of anilines is 1. The molecular formula is C15H13BrClFN2O. The molecule has 0 aromatic heterocycles. The first kappa shape index (κ1) is 15.8. The molecule has 6 heteroatoms. The van der Waals surface area contributed by atoms with E-state index in [1.165, 1.54) is 6.07 Å². The lowest BCUT2D eigenvalue weighted by Crippen LogP contribution is -2.17. The van der Waals surface area contributed by atoms with E-state index in [1.807, 2.05) is 0 Å². The van der Waals surface area contributed by atoms with Crippen LogP contribution in [0.2, 0.25) is 5.02 Å². The largest absolute Gasteiger partial charge is 0.380 e. The second kappa shape index (κ2) is 6.91. The Morgan fingerprint density at radius 2 is 2.05 bits per heavy atom. The molecule has 0 saturated heterocycles. The van der Waals surface area contributed by atoms with Gasteiger partial charge >= 0.3 is 0 Å². The highest BCUT2D eigenvalue weighted by molar-refractivity contribution is 9.10. The van der Waals surface area contributed by atoms with Crippen LogP contribution in [0, 0.1) is 5.82 Å². The van der Waals surface area contributed by atoms with Crippen molar-refractivity contribution < 1.29 is 9.18 Å². The van der Waals surface area contributed by atoms with E-state index >= 15 is 0 Å². The maximum Gasteiger partial charge on any atom is 0.251 e. The Morgan fingerprint density at radius 3 is 2.71 bits per heavy atom. The Labute approximate surface area is 135 Å². The van der Waals surface area contributed by atoms with Crippen LogP contribution >= 0.6 is 27.5 Å². The molecule has 2 rings (SSSR count). The highest BCUT2D eigenvalue weighted by Gasteiger charge is 2.08. The van der Waals surface area contributed by atoms with Crippen molar-refractivity contribution in [1.29, 1.82) is 0 Å². The lowest BCUT2D eigenvalue weighted by atomic mass is 10.1. The third kappa shape index (κ3) is 3.95. The number of carbonyl (C=O) groups is 1. The second-order valence-corrected chi connectivity index (χ2v) is 5.69. The van der Waals surface area contributed by atoms with Crippen LogP contribution < -0.4 is 10.6 Å². The standard InChI is InChI=1S/C15H13BrClFN2O/c1-19-15(21)9-3-5-12(17)14(6-9)20-8-10-2-4-11(16)7-13(10)18/h2-7,20H,8H2,1H3,(H,19,21). The summed E-state index contributed by atoms with van der Waals surface area (Å²) in [5, 5.41) is 6.06. The van der Waals surface area contributed by atoms with Gasteiger partial charge in [0.05, 0.1) is 10.7 Å². The van der Waals surface area contributed by atoms with Gasteiger partial charge in [0, 0.05) is 29.2 Å². The van der Waals surface area contributed by atoms with Crippen LogP contribution in [-0.2, 0) is 6.54 Å². The number of nitrogens with one attached hydrogen (secondary N) is 2. The van der Waals surface area contributed by atoms with Crippen molar-refractivity contribution in [1.82, 2.24) is 5.32 Å². The van der Waals surface area contributed by atoms with Crippen LogP contribution in [0.3, 0.4) is 0 Å². The lowest BCUT2D eigenvalue weighted by molar-refractivity contribution is 0.0963. The fraction of sp³-hybridized carbons (Fsp3) is 0.133. The van der Waals surface area contributed by atoms with Crippen molar-refractivity contribution in [2.75, 3.05) is 12.4 Å². The van der Waals surface area contributed by atoms with Gasteiger partial charge in [-0.05, 0) is 30.3 Å². The van der Waals surface area contributed by atoms with Gasteiger partial charge in [0.25, 0.3) is 5.91 Å². The van der Waals surface area contributed by atoms with E-state index in [2.05, 4.69) is 26.6 Å². The van der Waals surface area contributed by atoms with Gasteiger partial charge in [-0.1, -0.05) is 33.6 Å². The Hall–Kier alpha value is -1.59. The summed E-state index contributed by atoms with van der Waals surface area (Å²) < 4.78 is 14.4. The SMILES string of the molecule is CNC(=O)c1ccc(Cl)c(NCc2ccc(Br)cc2F)c1. The molecule has 0 spiro atoms.